The summed E-state index contributed by atoms with van der Waals surface area (Å²) in [6, 6.07) is 8.43. The van der Waals surface area contributed by atoms with E-state index in [0.717, 1.165) is 19.5 Å². The number of benzene rings is 1. The molecule has 0 aliphatic carbocycles. The molecule has 0 spiro atoms. The van der Waals surface area contributed by atoms with Crippen LogP contribution in [0.4, 0.5) is 11.6 Å². The molecule has 1 aliphatic heterocycles. The molecule has 23 heavy (non-hydrogen) atoms. The number of aromatic carboxylic acids is 1. The summed E-state index contributed by atoms with van der Waals surface area (Å²) in [4.78, 5) is 21.6. The lowest BCUT2D eigenvalue weighted by Crippen LogP contribution is -2.30. The number of carboxylic acid groups (broad SMARTS) is 1. The van der Waals surface area contributed by atoms with Crippen molar-refractivity contribution in [3.8, 4) is 0 Å². The molecule has 0 saturated carbocycles. The van der Waals surface area contributed by atoms with Crippen molar-refractivity contribution in [2.45, 2.75) is 19.3 Å². The highest BCUT2D eigenvalue weighted by molar-refractivity contribution is 5.88. The van der Waals surface area contributed by atoms with Crippen molar-refractivity contribution in [2.24, 2.45) is 0 Å². The molecule has 0 amide bonds. The van der Waals surface area contributed by atoms with Crippen molar-refractivity contribution in [1.82, 2.24) is 9.97 Å². The molecule has 6 nitrogen and oxygen atoms in total. The minimum absolute atomic E-state index is 0.139. The molecular weight excluding hydrogens is 292 g/mol. The lowest BCUT2D eigenvalue weighted by molar-refractivity contribution is 0.0695. The summed E-state index contributed by atoms with van der Waals surface area (Å²) in [6.45, 7) is 3.43. The zero-order chi connectivity index (χ0) is 16.4. The summed E-state index contributed by atoms with van der Waals surface area (Å²) >= 11 is 0. The van der Waals surface area contributed by atoms with Gasteiger partial charge in [0.05, 0.1) is 11.3 Å². The highest BCUT2D eigenvalue weighted by Gasteiger charge is 2.22. The number of nitrogens with one attached hydrogen (secondary N) is 1. The number of hydrogen-bond donors (Lipinski definition) is 2. The summed E-state index contributed by atoms with van der Waals surface area (Å²) < 4.78 is 0. The lowest BCUT2D eigenvalue weighted by atomic mass is 9.90. The third-order valence-corrected chi connectivity index (χ3v) is 4.32. The molecule has 0 bridgehead atoms. The standard InChI is InChI=1S/C17H20N4O2/c1-11-14(16(22)23)10-19-17(20-11)18-9-12-7-8-21(2)15-6-4-3-5-13(12)15/h3-6,10,12H,7-9H2,1-2H3,(H,22,23)(H,18,19,20). The summed E-state index contributed by atoms with van der Waals surface area (Å²) in [7, 11) is 2.11. The van der Waals surface area contributed by atoms with E-state index in [9.17, 15) is 4.79 Å². The first-order valence-electron chi connectivity index (χ1n) is 7.67. The van der Waals surface area contributed by atoms with Crippen LogP contribution < -0.4 is 10.2 Å². The smallest absolute Gasteiger partial charge is 0.339 e. The molecule has 2 aromatic rings. The van der Waals surface area contributed by atoms with Crippen LogP contribution in [0.5, 0.6) is 0 Å². The van der Waals surface area contributed by atoms with Gasteiger partial charge < -0.3 is 15.3 Å². The average molecular weight is 312 g/mol. The first kappa shape index (κ1) is 15.3. The molecule has 2 heterocycles. The topological polar surface area (TPSA) is 78.4 Å². The fraction of sp³-hybridized carbons (Fsp3) is 0.353. The van der Waals surface area contributed by atoms with Gasteiger partial charge in [-0.2, -0.15) is 0 Å². The third-order valence-electron chi connectivity index (χ3n) is 4.32. The number of carboxylic acids is 1. The number of carbonyl (C=O) groups is 1. The summed E-state index contributed by atoms with van der Waals surface area (Å²) in [5.41, 5.74) is 3.20. The largest absolute Gasteiger partial charge is 0.478 e. The summed E-state index contributed by atoms with van der Waals surface area (Å²) in [6.07, 6.45) is 2.42. The van der Waals surface area contributed by atoms with Crippen LogP contribution in [-0.4, -0.2) is 41.2 Å². The van der Waals surface area contributed by atoms with Gasteiger partial charge in [0, 0.05) is 37.9 Å². The molecule has 1 atom stereocenters. The number of fused-ring (bicyclic) bond motifs is 1. The first-order valence-corrected chi connectivity index (χ1v) is 7.67. The van der Waals surface area contributed by atoms with E-state index in [4.69, 9.17) is 5.11 Å². The predicted octanol–water partition coefficient (Wildman–Crippen LogP) is 2.52. The van der Waals surface area contributed by atoms with Crippen molar-refractivity contribution >= 4 is 17.6 Å². The van der Waals surface area contributed by atoms with Gasteiger partial charge in [-0.05, 0) is 25.0 Å². The Morgan fingerprint density at radius 3 is 2.96 bits per heavy atom. The van der Waals surface area contributed by atoms with Crippen molar-refractivity contribution in [3.05, 3.63) is 47.3 Å². The second-order valence-electron chi connectivity index (χ2n) is 5.84. The van der Waals surface area contributed by atoms with Gasteiger partial charge >= 0.3 is 5.97 Å². The molecule has 1 unspecified atom stereocenters. The van der Waals surface area contributed by atoms with Gasteiger partial charge in [0.15, 0.2) is 0 Å². The maximum absolute atomic E-state index is 11.0. The minimum atomic E-state index is -1.00. The number of hydrogen-bond acceptors (Lipinski definition) is 5. The van der Waals surface area contributed by atoms with E-state index in [0.29, 0.717) is 17.6 Å². The SMILES string of the molecule is Cc1nc(NCC2CCN(C)c3ccccc32)ncc1C(=O)O. The number of aromatic nitrogens is 2. The zero-order valence-corrected chi connectivity index (χ0v) is 13.3. The zero-order valence-electron chi connectivity index (χ0n) is 13.3. The van der Waals surface area contributed by atoms with Gasteiger partial charge in [-0.25, -0.2) is 14.8 Å². The molecule has 120 valence electrons. The molecule has 0 radical (unpaired) electrons. The lowest BCUT2D eigenvalue weighted by Gasteiger charge is -2.33. The van der Waals surface area contributed by atoms with Crippen molar-refractivity contribution in [3.63, 3.8) is 0 Å². The van der Waals surface area contributed by atoms with Crippen molar-refractivity contribution in [1.29, 1.82) is 0 Å². The first-order chi connectivity index (χ1) is 11.1. The molecule has 1 aliphatic rings. The van der Waals surface area contributed by atoms with Crippen LogP contribution in [-0.2, 0) is 0 Å². The van der Waals surface area contributed by atoms with Gasteiger partial charge in [0.1, 0.15) is 0 Å². The maximum atomic E-state index is 11.0. The Morgan fingerprint density at radius 2 is 2.22 bits per heavy atom. The highest BCUT2D eigenvalue weighted by Crippen LogP contribution is 2.34. The Labute approximate surface area is 135 Å². The second kappa shape index (κ2) is 6.24. The van der Waals surface area contributed by atoms with E-state index >= 15 is 0 Å². The molecule has 0 saturated heterocycles. The van der Waals surface area contributed by atoms with Crippen LogP contribution in [0.1, 0.15) is 34.0 Å². The van der Waals surface area contributed by atoms with Crippen LogP contribution >= 0.6 is 0 Å². The van der Waals surface area contributed by atoms with E-state index in [1.54, 1.807) is 6.92 Å². The third kappa shape index (κ3) is 3.11. The van der Waals surface area contributed by atoms with Gasteiger partial charge in [-0.1, -0.05) is 18.2 Å². The Hall–Kier alpha value is -2.63. The summed E-state index contributed by atoms with van der Waals surface area (Å²) in [5.74, 6) is -0.132. The Kier molecular flexibility index (Phi) is 4.14. The Balaban J connectivity index is 1.73. The molecule has 1 aromatic heterocycles. The van der Waals surface area contributed by atoms with Gasteiger partial charge in [-0.15, -0.1) is 0 Å². The molecular formula is C17H20N4O2. The number of anilines is 2. The van der Waals surface area contributed by atoms with E-state index in [-0.39, 0.29) is 5.56 Å². The van der Waals surface area contributed by atoms with Crippen LogP contribution in [0.25, 0.3) is 0 Å². The molecule has 3 rings (SSSR count). The fourth-order valence-corrected chi connectivity index (χ4v) is 2.99. The predicted molar refractivity (Wildman–Crippen MR) is 89.3 cm³/mol. The van der Waals surface area contributed by atoms with Crippen LogP contribution in [0.15, 0.2) is 30.5 Å². The number of para-hydroxylation sites is 1. The summed E-state index contributed by atoms with van der Waals surface area (Å²) in [5, 5.41) is 12.3. The van der Waals surface area contributed by atoms with E-state index in [2.05, 4.69) is 51.5 Å². The second-order valence-corrected chi connectivity index (χ2v) is 5.84. The molecule has 0 fully saturated rings. The molecule has 2 N–H and O–H groups in total. The molecule has 6 heteroatoms. The van der Waals surface area contributed by atoms with Gasteiger partial charge in [-0.3, -0.25) is 0 Å². The Morgan fingerprint density at radius 1 is 1.43 bits per heavy atom. The highest BCUT2D eigenvalue weighted by atomic mass is 16.4. The van der Waals surface area contributed by atoms with E-state index in [1.807, 2.05) is 0 Å². The van der Waals surface area contributed by atoms with Crippen molar-refractivity contribution in [2.75, 3.05) is 30.4 Å². The number of nitrogens with zero attached hydrogens (tertiary/aromatic N) is 3. The minimum Gasteiger partial charge on any atom is -0.478 e. The fourth-order valence-electron chi connectivity index (χ4n) is 2.99. The van der Waals surface area contributed by atoms with Crippen LogP contribution in [0, 0.1) is 6.92 Å². The number of aryl methyl sites for hydroxylation is 1. The van der Waals surface area contributed by atoms with E-state index in [1.165, 1.54) is 17.4 Å². The van der Waals surface area contributed by atoms with Gasteiger partial charge in [0.2, 0.25) is 5.95 Å². The normalized spacial score (nSPS) is 16.8. The number of rotatable bonds is 4. The monoisotopic (exact) mass is 312 g/mol. The van der Waals surface area contributed by atoms with Crippen LogP contribution in [0.2, 0.25) is 0 Å². The van der Waals surface area contributed by atoms with Crippen LogP contribution in [0.3, 0.4) is 0 Å². The van der Waals surface area contributed by atoms with Crippen molar-refractivity contribution < 1.29 is 9.90 Å². The quantitative estimate of drug-likeness (QED) is 0.903. The Bertz CT molecular complexity index is 732. The molecule has 1 aromatic carbocycles. The maximum Gasteiger partial charge on any atom is 0.339 e. The average Bonchev–Trinajstić information content (AvgIpc) is 2.54. The van der Waals surface area contributed by atoms with E-state index < -0.39 is 5.97 Å². The van der Waals surface area contributed by atoms with Gasteiger partial charge in [0.25, 0.3) is 0 Å².